The maximum atomic E-state index is 12.5. The first-order chi connectivity index (χ1) is 30.3. The molecule has 1 N–H and O–H groups in total. The van der Waals surface area contributed by atoms with E-state index in [1.807, 2.05) is 72.2 Å². The Morgan fingerprint density at radius 2 is 1.11 bits per heavy atom. The molecule has 14 nitrogen and oxygen atoms in total. The molecule has 0 saturated carbocycles. The average Bonchev–Trinajstić information content (AvgIpc) is 3.29. The second-order valence-corrected chi connectivity index (χ2v) is 15.4. The van der Waals surface area contributed by atoms with Crippen molar-refractivity contribution in [3.63, 3.8) is 0 Å². The summed E-state index contributed by atoms with van der Waals surface area (Å²) < 4.78 is 13.1. The molecule has 344 valence electrons. The van der Waals surface area contributed by atoms with Gasteiger partial charge in [-0.15, -0.1) is 0 Å². The Labute approximate surface area is 403 Å². The van der Waals surface area contributed by atoms with Crippen LogP contribution in [0.15, 0.2) is 91.0 Å². The van der Waals surface area contributed by atoms with Crippen LogP contribution in [0.1, 0.15) is 91.5 Å². The summed E-state index contributed by atoms with van der Waals surface area (Å²) in [6.07, 6.45) is 8.85. The number of aliphatic carboxylic acids is 1. The number of amides is 3. The van der Waals surface area contributed by atoms with Gasteiger partial charge in [0.15, 0.2) is 0 Å². The SMILES string of the molecule is CC(=O)O.CC(=O)O[B-]OC(C)=O.CCC(=O)N(CC1CCCN(C(=O)OC)C1)c1ccccc1.CCC(=O)N(CC1CCCN(CCCCc2ccccc2)C1)c1ccccc1.[Na+]. The quantitative estimate of drug-likeness (QED) is 0.165. The molecule has 2 saturated heterocycles. The Morgan fingerprint density at radius 1 is 0.672 bits per heavy atom. The van der Waals surface area contributed by atoms with Crippen molar-refractivity contribution in [2.24, 2.45) is 11.8 Å². The number of anilines is 2. The van der Waals surface area contributed by atoms with Crippen LogP contribution in [0.2, 0.25) is 0 Å². The van der Waals surface area contributed by atoms with Gasteiger partial charge in [0.05, 0.1) is 7.11 Å². The zero-order valence-corrected chi connectivity index (χ0v) is 41.1. The van der Waals surface area contributed by atoms with Gasteiger partial charge in [0, 0.05) is 77.7 Å². The zero-order chi connectivity index (χ0) is 46.4. The number of rotatable bonds is 15. The zero-order valence-electron chi connectivity index (χ0n) is 39.1. The predicted octanol–water partition coefficient (Wildman–Crippen LogP) is 4.81. The third kappa shape index (κ3) is 24.4. The number of hydrogen-bond donors (Lipinski definition) is 1. The fraction of sp³-hybridized carbons (Fsp3) is 0.500. The molecule has 2 aliphatic heterocycles. The van der Waals surface area contributed by atoms with Crippen molar-refractivity contribution in [1.29, 1.82) is 0 Å². The van der Waals surface area contributed by atoms with E-state index in [2.05, 4.69) is 56.7 Å². The first-order valence-electron chi connectivity index (χ1n) is 21.9. The van der Waals surface area contributed by atoms with E-state index in [0.29, 0.717) is 39.5 Å². The molecule has 0 aromatic heterocycles. The number of para-hydroxylation sites is 2. The number of aryl methyl sites for hydroxylation is 1. The van der Waals surface area contributed by atoms with Crippen LogP contribution in [0.3, 0.4) is 0 Å². The van der Waals surface area contributed by atoms with Gasteiger partial charge in [0.25, 0.3) is 17.9 Å². The molecule has 2 heterocycles. The molecule has 2 aliphatic rings. The van der Waals surface area contributed by atoms with E-state index in [-0.39, 0.29) is 53.4 Å². The average molecular weight is 895 g/mol. The van der Waals surface area contributed by atoms with E-state index < -0.39 is 17.9 Å². The van der Waals surface area contributed by atoms with Gasteiger partial charge in [-0.1, -0.05) is 80.6 Å². The van der Waals surface area contributed by atoms with Crippen molar-refractivity contribution in [2.45, 2.75) is 92.4 Å². The van der Waals surface area contributed by atoms with Gasteiger partial charge in [-0.05, 0) is 99.7 Å². The van der Waals surface area contributed by atoms with Crippen LogP contribution in [-0.2, 0) is 44.4 Å². The number of carboxylic acids is 1. The van der Waals surface area contributed by atoms with E-state index in [4.69, 9.17) is 14.6 Å². The third-order valence-corrected chi connectivity index (χ3v) is 10.2. The van der Waals surface area contributed by atoms with Crippen LogP contribution in [0, 0.1) is 11.8 Å². The summed E-state index contributed by atoms with van der Waals surface area (Å²) in [5.41, 5.74) is 3.40. The Morgan fingerprint density at radius 3 is 1.55 bits per heavy atom. The smallest absolute Gasteiger partial charge is 0.702 e. The molecule has 2 fully saturated rings. The Kier molecular flexibility index (Phi) is 30.2. The normalized spacial score (nSPS) is 15.3. The molecule has 16 heteroatoms. The first kappa shape index (κ1) is 57.3. The van der Waals surface area contributed by atoms with Gasteiger partial charge in [-0.2, -0.15) is 0 Å². The van der Waals surface area contributed by atoms with E-state index in [1.54, 1.807) is 4.90 Å². The molecule has 2 unspecified atom stereocenters. The summed E-state index contributed by atoms with van der Waals surface area (Å²) in [4.78, 5) is 73.6. The van der Waals surface area contributed by atoms with E-state index >= 15 is 0 Å². The monoisotopic (exact) mass is 894 g/mol. The van der Waals surface area contributed by atoms with E-state index in [1.165, 1.54) is 71.7 Å². The van der Waals surface area contributed by atoms with Gasteiger partial charge in [0.1, 0.15) is 7.69 Å². The number of piperidine rings is 2. The molecule has 2 atom stereocenters. The summed E-state index contributed by atoms with van der Waals surface area (Å²) >= 11 is 0. The summed E-state index contributed by atoms with van der Waals surface area (Å²) in [6.45, 7) is 13.7. The topological polar surface area (TPSA) is 163 Å². The van der Waals surface area contributed by atoms with Gasteiger partial charge in [0.2, 0.25) is 11.8 Å². The minimum absolute atomic E-state index is 0. The van der Waals surface area contributed by atoms with E-state index in [0.717, 1.165) is 50.8 Å². The molecule has 3 aromatic carbocycles. The number of methoxy groups -OCH3 is 1. The van der Waals surface area contributed by atoms with Crippen molar-refractivity contribution in [1.82, 2.24) is 9.80 Å². The minimum atomic E-state index is -0.833. The molecule has 2 radical (unpaired) electrons. The third-order valence-electron chi connectivity index (χ3n) is 10.2. The number of carbonyl (C=O) groups is 6. The first-order valence-corrected chi connectivity index (χ1v) is 21.9. The van der Waals surface area contributed by atoms with E-state index in [9.17, 15) is 24.0 Å². The Balaban J connectivity index is 0.000000504. The number of unbranched alkanes of at least 4 members (excludes halogenated alkanes) is 1. The molecule has 3 aromatic rings. The predicted molar refractivity (Wildman–Crippen MR) is 246 cm³/mol. The molecule has 0 bridgehead atoms. The molecular formula is C48H68BN4NaO10. The maximum Gasteiger partial charge on any atom is 1.00 e. The fourth-order valence-electron chi connectivity index (χ4n) is 7.30. The Hall–Kier alpha value is -4.70. The second-order valence-electron chi connectivity index (χ2n) is 15.4. The number of carboxylic acid groups (broad SMARTS) is 1. The largest absolute Gasteiger partial charge is 1.00 e. The van der Waals surface area contributed by atoms with Crippen LogP contribution >= 0.6 is 0 Å². The Bertz CT molecular complexity index is 1780. The number of benzene rings is 3. The standard InChI is InChI=1S/C25H34N2O.C17H24N2O3.C4H6BO4.C2H4O2.Na/c1-2-25(28)27(24-16-7-4-8-17-24)21-23-15-11-19-26(20-23)18-10-9-14-22-12-5-3-6-13-22;1-3-16(20)19(15-9-5-4-6-10-15)13-14-8-7-11-18(12-14)17(21)22-2;1-3(6)8-5-9-4(2)7;1-2(3)4;/h3-8,12-13,16-17,23H,2,9-11,14-15,18-21H2,1H3;4-6,9-10,14H,3,7-8,11-13H2,1-2H3;1-2H3;1H3,(H,3,4);/q;;-1;;+1. The van der Waals surface area contributed by atoms with Crippen molar-refractivity contribution >= 4 is 54.9 Å². The van der Waals surface area contributed by atoms with Crippen LogP contribution in [0.5, 0.6) is 0 Å². The summed E-state index contributed by atoms with van der Waals surface area (Å²) in [6, 6.07) is 30.7. The van der Waals surface area contributed by atoms with Crippen LogP contribution in [-0.4, -0.2) is 111 Å². The maximum absolute atomic E-state index is 12.5. The fourth-order valence-corrected chi connectivity index (χ4v) is 7.30. The van der Waals surface area contributed by atoms with Gasteiger partial charge < -0.3 is 38.8 Å². The van der Waals surface area contributed by atoms with Gasteiger partial charge >= 0.3 is 35.7 Å². The van der Waals surface area contributed by atoms with Crippen LogP contribution in [0.25, 0.3) is 0 Å². The van der Waals surface area contributed by atoms with Crippen LogP contribution < -0.4 is 39.4 Å². The van der Waals surface area contributed by atoms with Crippen molar-refractivity contribution < 1.29 is 77.5 Å². The van der Waals surface area contributed by atoms with Crippen molar-refractivity contribution in [3.05, 3.63) is 96.6 Å². The minimum Gasteiger partial charge on any atom is -0.702 e. The summed E-state index contributed by atoms with van der Waals surface area (Å²) in [5, 5.41) is 7.42. The molecule has 3 amide bonds. The second kappa shape index (κ2) is 33.8. The summed E-state index contributed by atoms with van der Waals surface area (Å²) in [7, 11) is 2.10. The van der Waals surface area contributed by atoms with Crippen molar-refractivity contribution in [3.8, 4) is 0 Å². The molecule has 0 aliphatic carbocycles. The number of carbonyl (C=O) groups excluding carboxylic acids is 5. The van der Waals surface area contributed by atoms with Crippen molar-refractivity contribution in [2.75, 3.05) is 62.7 Å². The molecule has 0 spiro atoms. The number of nitrogens with zero attached hydrogens (tertiary/aromatic N) is 4. The number of likely N-dealkylation sites (tertiary alicyclic amines) is 2. The number of hydrogen-bond acceptors (Lipinski definition) is 10. The van der Waals surface area contributed by atoms with Gasteiger partial charge in [-0.25, -0.2) is 4.79 Å². The van der Waals surface area contributed by atoms with Crippen LogP contribution in [0.4, 0.5) is 16.2 Å². The molecule has 64 heavy (non-hydrogen) atoms. The molecular weight excluding hydrogens is 826 g/mol. The molecule has 5 rings (SSSR count). The number of ether oxygens (including phenoxy) is 1. The van der Waals surface area contributed by atoms with Gasteiger partial charge in [-0.3, -0.25) is 24.0 Å². The summed E-state index contributed by atoms with van der Waals surface area (Å²) in [5.74, 6) is -0.679.